The number of hydrogen-bond donors (Lipinski definition) is 0. The van der Waals surface area contributed by atoms with Crippen LogP contribution in [-0.4, -0.2) is 67.5 Å². The normalized spacial score (nSPS) is 26.4. The highest BCUT2D eigenvalue weighted by Crippen LogP contribution is 2.40. The van der Waals surface area contributed by atoms with Gasteiger partial charge in [-0.1, -0.05) is 48.0 Å². The third-order valence-electron chi connectivity index (χ3n) is 5.11. The summed E-state index contributed by atoms with van der Waals surface area (Å²) in [7, 11) is 0. The van der Waals surface area contributed by atoms with Gasteiger partial charge in [-0.25, -0.2) is 9.59 Å². The molecule has 12 heteroatoms. The SMILES string of the molecule is CCOC(=O)/C=C1\SC(=S)N(C2CCC(N3C(=O)/C(=C/C(=O)OCC)SC3=S)CC2)C1=O. The van der Waals surface area contributed by atoms with Crippen molar-refractivity contribution in [3.63, 3.8) is 0 Å². The van der Waals surface area contributed by atoms with Crippen LogP contribution in [0.5, 0.6) is 0 Å². The molecule has 1 saturated carbocycles. The van der Waals surface area contributed by atoms with Gasteiger partial charge in [0.15, 0.2) is 0 Å². The first-order valence-electron chi connectivity index (χ1n) is 10.1. The zero-order chi connectivity index (χ0) is 23.4. The minimum atomic E-state index is -0.568. The lowest BCUT2D eigenvalue weighted by atomic mass is 9.89. The first-order valence-corrected chi connectivity index (χ1v) is 12.6. The van der Waals surface area contributed by atoms with Crippen molar-refractivity contribution >= 4 is 80.4 Å². The number of esters is 2. The Morgan fingerprint density at radius 3 is 1.50 bits per heavy atom. The van der Waals surface area contributed by atoms with Crippen LogP contribution in [0, 0.1) is 0 Å². The summed E-state index contributed by atoms with van der Waals surface area (Å²) in [5, 5.41) is 0. The first kappa shape index (κ1) is 24.9. The third-order valence-corrected chi connectivity index (χ3v) is 7.78. The molecule has 3 fully saturated rings. The molecule has 0 aromatic heterocycles. The average Bonchev–Trinajstić information content (AvgIpc) is 3.16. The van der Waals surface area contributed by atoms with Crippen LogP contribution < -0.4 is 0 Å². The highest BCUT2D eigenvalue weighted by Gasteiger charge is 2.43. The van der Waals surface area contributed by atoms with Crippen molar-refractivity contribution in [3.05, 3.63) is 22.0 Å². The van der Waals surface area contributed by atoms with Crippen molar-refractivity contribution in [2.24, 2.45) is 0 Å². The molecule has 0 unspecified atom stereocenters. The number of hydrogen-bond acceptors (Lipinski definition) is 10. The number of carbonyl (C=O) groups excluding carboxylic acids is 4. The number of amides is 2. The molecular formula is C20H22N2O6S4. The fraction of sp³-hybridized carbons (Fsp3) is 0.500. The Kier molecular flexibility index (Phi) is 8.48. The van der Waals surface area contributed by atoms with Crippen LogP contribution in [0.25, 0.3) is 0 Å². The van der Waals surface area contributed by atoms with E-state index in [1.54, 1.807) is 23.6 Å². The lowest BCUT2D eigenvalue weighted by Gasteiger charge is -2.37. The molecule has 2 heterocycles. The molecule has 0 bridgehead atoms. The molecule has 8 nitrogen and oxygen atoms in total. The quantitative estimate of drug-likeness (QED) is 0.299. The van der Waals surface area contributed by atoms with E-state index in [2.05, 4.69) is 0 Å². The number of nitrogens with zero attached hydrogens (tertiary/aromatic N) is 2. The van der Waals surface area contributed by atoms with Gasteiger partial charge in [-0.05, 0) is 39.5 Å². The summed E-state index contributed by atoms with van der Waals surface area (Å²) in [5.41, 5.74) is 0. The van der Waals surface area contributed by atoms with E-state index >= 15 is 0 Å². The van der Waals surface area contributed by atoms with Crippen molar-refractivity contribution in [1.82, 2.24) is 9.80 Å². The van der Waals surface area contributed by atoms with E-state index in [0.29, 0.717) is 34.3 Å². The number of thiocarbonyl (C=S) groups is 2. The summed E-state index contributed by atoms with van der Waals surface area (Å²) in [6.45, 7) is 3.85. The highest BCUT2D eigenvalue weighted by molar-refractivity contribution is 8.27. The summed E-state index contributed by atoms with van der Waals surface area (Å²) in [6, 6.07) is -0.222. The summed E-state index contributed by atoms with van der Waals surface area (Å²) >= 11 is 12.9. The molecule has 0 aromatic carbocycles. The van der Waals surface area contributed by atoms with Gasteiger partial charge in [0, 0.05) is 24.2 Å². The van der Waals surface area contributed by atoms with E-state index in [4.69, 9.17) is 33.9 Å². The molecule has 0 aromatic rings. The van der Waals surface area contributed by atoms with Crippen LogP contribution in [0.3, 0.4) is 0 Å². The van der Waals surface area contributed by atoms with Gasteiger partial charge in [-0.2, -0.15) is 0 Å². The summed E-state index contributed by atoms with van der Waals surface area (Å²) < 4.78 is 10.6. The van der Waals surface area contributed by atoms with E-state index in [0.717, 1.165) is 23.5 Å². The van der Waals surface area contributed by atoms with Crippen molar-refractivity contribution in [1.29, 1.82) is 0 Å². The van der Waals surface area contributed by atoms with Gasteiger partial charge in [0.2, 0.25) is 0 Å². The first-order chi connectivity index (χ1) is 15.3. The molecule has 2 saturated heterocycles. The van der Waals surface area contributed by atoms with Crippen molar-refractivity contribution in [2.75, 3.05) is 13.2 Å². The Labute approximate surface area is 205 Å². The average molecular weight is 515 g/mol. The van der Waals surface area contributed by atoms with Gasteiger partial charge in [-0.15, -0.1) is 0 Å². The van der Waals surface area contributed by atoms with Gasteiger partial charge in [0.25, 0.3) is 11.8 Å². The molecule has 0 radical (unpaired) electrons. The maximum absolute atomic E-state index is 12.8. The van der Waals surface area contributed by atoms with Crippen LogP contribution in [0.1, 0.15) is 39.5 Å². The minimum Gasteiger partial charge on any atom is -0.463 e. The maximum Gasteiger partial charge on any atom is 0.332 e. The molecule has 1 aliphatic carbocycles. The third kappa shape index (κ3) is 5.41. The summed E-state index contributed by atoms with van der Waals surface area (Å²) in [4.78, 5) is 52.6. The van der Waals surface area contributed by atoms with Crippen LogP contribution >= 0.6 is 48.0 Å². The zero-order valence-electron chi connectivity index (χ0n) is 17.5. The zero-order valence-corrected chi connectivity index (χ0v) is 20.8. The number of thioether (sulfide) groups is 2. The second-order valence-corrected chi connectivity index (χ2v) is 10.4. The highest BCUT2D eigenvalue weighted by atomic mass is 32.2. The summed E-state index contributed by atoms with van der Waals surface area (Å²) in [6.07, 6.45) is 4.92. The Morgan fingerprint density at radius 1 is 0.844 bits per heavy atom. The molecule has 2 aliphatic heterocycles. The Balaban J connectivity index is 1.63. The smallest absolute Gasteiger partial charge is 0.332 e. The number of rotatable bonds is 6. The van der Waals surface area contributed by atoms with E-state index in [-0.39, 0.29) is 46.9 Å². The lowest BCUT2D eigenvalue weighted by molar-refractivity contribution is -0.138. The Bertz CT molecular complexity index is 849. The monoisotopic (exact) mass is 514 g/mol. The van der Waals surface area contributed by atoms with E-state index in [9.17, 15) is 19.2 Å². The number of ether oxygens (including phenoxy) is 2. The standard InChI is InChI=1S/C20H22N2O6S4/c1-3-27-15(23)9-13-17(25)21(19(29)31-13)11-5-7-12(8-6-11)22-18(26)14(32-20(22)30)10-16(24)28-4-2/h9-12H,3-8H2,1-2H3/b13-9-,14-10-. The molecule has 3 aliphatic rings. The van der Waals surface area contributed by atoms with Gasteiger partial charge < -0.3 is 9.47 Å². The second-order valence-electron chi connectivity index (χ2n) is 7.07. The van der Waals surface area contributed by atoms with Crippen LogP contribution in [0.15, 0.2) is 22.0 Å². The predicted molar refractivity (Wildman–Crippen MR) is 130 cm³/mol. The molecule has 0 atom stereocenters. The topological polar surface area (TPSA) is 93.2 Å². The lowest BCUT2D eigenvalue weighted by Crippen LogP contribution is -2.46. The van der Waals surface area contributed by atoms with E-state index in [1.165, 1.54) is 12.2 Å². The molecule has 172 valence electrons. The molecule has 0 spiro atoms. The number of carbonyl (C=O) groups is 4. The van der Waals surface area contributed by atoms with Gasteiger partial charge in [-0.3, -0.25) is 19.4 Å². The van der Waals surface area contributed by atoms with Gasteiger partial charge in [0.1, 0.15) is 8.64 Å². The predicted octanol–water partition coefficient (Wildman–Crippen LogP) is 2.91. The largest absolute Gasteiger partial charge is 0.463 e. The van der Waals surface area contributed by atoms with Crippen LogP contribution in [-0.2, 0) is 28.7 Å². The second kappa shape index (κ2) is 10.9. The van der Waals surface area contributed by atoms with Crippen molar-refractivity contribution in [3.8, 4) is 0 Å². The van der Waals surface area contributed by atoms with E-state index < -0.39 is 11.9 Å². The molecule has 3 rings (SSSR count). The van der Waals surface area contributed by atoms with Gasteiger partial charge in [0.05, 0.1) is 23.0 Å². The molecule has 0 N–H and O–H groups in total. The van der Waals surface area contributed by atoms with Gasteiger partial charge >= 0.3 is 11.9 Å². The fourth-order valence-electron chi connectivity index (χ4n) is 3.75. The molecular weight excluding hydrogens is 492 g/mol. The molecule has 2 amide bonds. The van der Waals surface area contributed by atoms with Crippen LogP contribution in [0.2, 0.25) is 0 Å². The Morgan fingerprint density at radius 2 is 1.19 bits per heavy atom. The van der Waals surface area contributed by atoms with E-state index in [1.807, 2.05) is 0 Å². The van der Waals surface area contributed by atoms with Crippen molar-refractivity contribution < 1.29 is 28.7 Å². The minimum absolute atomic E-state index is 0.111. The Hall–Kier alpha value is -1.76. The molecule has 32 heavy (non-hydrogen) atoms. The summed E-state index contributed by atoms with van der Waals surface area (Å²) in [5.74, 6) is -1.72. The van der Waals surface area contributed by atoms with Crippen molar-refractivity contribution in [2.45, 2.75) is 51.6 Å². The fourth-order valence-corrected chi connectivity index (χ4v) is 6.47. The maximum atomic E-state index is 12.8. The van der Waals surface area contributed by atoms with Crippen LogP contribution in [0.4, 0.5) is 0 Å².